The summed E-state index contributed by atoms with van der Waals surface area (Å²) >= 11 is 0. The van der Waals surface area contributed by atoms with Gasteiger partial charge >= 0.3 is 6.01 Å². The topological polar surface area (TPSA) is 95.3 Å². The summed E-state index contributed by atoms with van der Waals surface area (Å²) in [4.78, 5) is 14.4. The molecule has 28 heavy (non-hydrogen) atoms. The van der Waals surface area contributed by atoms with E-state index in [2.05, 4.69) is 32.4 Å². The van der Waals surface area contributed by atoms with Crippen LogP contribution >= 0.6 is 0 Å². The zero-order valence-electron chi connectivity index (χ0n) is 15.7. The molecule has 1 aromatic carbocycles. The summed E-state index contributed by atoms with van der Waals surface area (Å²) < 4.78 is 5.71. The number of hydrogen-bond donors (Lipinski definition) is 3. The summed E-state index contributed by atoms with van der Waals surface area (Å²) in [5, 5.41) is 11.1. The first-order chi connectivity index (χ1) is 13.7. The number of likely N-dealkylation sites (tertiary alicyclic amines) is 1. The van der Waals surface area contributed by atoms with Crippen molar-refractivity contribution in [3.63, 3.8) is 0 Å². The molecule has 1 amide bonds. The Labute approximate surface area is 163 Å². The highest BCUT2D eigenvalue weighted by Crippen LogP contribution is 2.53. The average molecular weight is 380 g/mol. The number of nitrogens with zero attached hydrogens (tertiary/aromatic N) is 3. The van der Waals surface area contributed by atoms with E-state index in [4.69, 9.17) is 4.42 Å². The molecule has 2 fully saturated rings. The first kappa shape index (κ1) is 17.2. The number of carbonyl (C=O) groups is 1. The fourth-order valence-corrected chi connectivity index (χ4v) is 3.94. The standard InChI is InChI=1S/C20H24N6O2/c27-17(26-10-7-20(5-6-20)8-11-26)13-21-19-25-24-18(28-19)15-3-1-2-14(12-15)16-4-9-22-23-16/h1-4,12,22-23H,5-11,13H2,(H,21,25). The minimum atomic E-state index is 0.0870. The van der Waals surface area contributed by atoms with Crippen LogP contribution in [-0.4, -0.2) is 47.2 Å². The van der Waals surface area contributed by atoms with Gasteiger partial charge in [-0.25, -0.2) is 5.43 Å². The van der Waals surface area contributed by atoms with Crippen LogP contribution in [0.3, 0.4) is 0 Å². The van der Waals surface area contributed by atoms with E-state index >= 15 is 0 Å². The number of aromatic nitrogens is 2. The van der Waals surface area contributed by atoms with Crippen LogP contribution in [0.25, 0.3) is 17.2 Å². The molecule has 1 aliphatic carbocycles. The molecular weight excluding hydrogens is 356 g/mol. The predicted octanol–water partition coefficient (Wildman–Crippen LogP) is 2.00. The number of nitrogens with one attached hydrogen (secondary N) is 3. The van der Waals surface area contributed by atoms with E-state index in [1.807, 2.05) is 29.2 Å². The molecule has 1 spiro atoms. The van der Waals surface area contributed by atoms with E-state index in [0.29, 0.717) is 11.3 Å². The van der Waals surface area contributed by atoms with Crippen LogP contribution in [0.15, 0.2) is 34.8 Å². The van der Waals surface area contributed by atoms with Crippen LogP contribution < -0.4 is 16.2 Å². The number of amides is 1. The second-order valence-corrected chi connectivity index (χ2v) is 7.85. The van der Waals surface area contributed by atoms with Gasteiger partial charge in [0, 0.05) is 25.2 Å². The molecule has 1 aromatic heterocycles. The van der Waals surface area contributed by atoms with Crippen LogP contribution in [0.1, 0.15) is 31.2 Å². The number of hydrogen-bond acceptors (Lipinski definition) is 7. The maximum Gasteiger partial charge on any atom is 0.316 e. The van der Waals surface area contributed by atoms with E-state index in [1.165, 1.54) is 12.8 Å². The average Bonchev–Trinajstić information content (AvgIpc) is 3.17. The molecule has 146 valence electrons. The molecule has 1 saturated carbocycles. The first-order valence-corrected chi connectivity index (χ1v) is 9.86. The monoisotopic (exact) mass is 380 g/mol. The van der Waals surface area contributed by atoms with Gasteiger partial charge in [-0.05, 0) is 54.9 Å². The van der Waals surface area contributed by atoms with Crippen LogP contribution in [-0.2, 0) is 4.79 Å². The second kappa shape index (κ2) is 6.94. The largest absolute Gasteiger partial charge is 0.403 e. The Morgan fingerprint density at radius 2 is 2.00 bits per heavy atom. The Bertz CT molecular complexity index is 907. The van der Waals surface area contributed by atoms with Gasteiger partial charge in [0.25, 0.3) is 0 Å². The zero-order chi connectivity index (χ0) is 19.0. The number of piperidine rings is 1. The molecule has 5 rings (SSSR count). The summed E-state index contributed by atoms with van der Waals surface area (Å²) in [6.07, 6.45) is 7.03. The van der Waals surface area contributed by atoms with Crippen molar-refractivity contribution in [1.29, 1.82) is 0 Å². The van der Waals surface area contributed by atoms with E-state index in [-0.39, 0.29) is 18.5 Å². The van der Waals surface area contributed by atoms with Gasteiger partial charge in [0.05, 0.1) is 12.2 Å². The number of carbonyl (C=O) groups excluding carboxylic acids is 1. The van der Waals surface area contributed by atoms with Gasteiger partial charge in [-0.1, -0.05) is 17.2 Å². The van der Waals surface area contributed by atoms with Crippen molar-refractivity contribution in [2.75, 3.05) is 31.5 Å². The highest BCUT2D eigenvalue weighted by atomic mass is 16.4. The first-order valence-electron chi connectivity index (χ1n) is 9.86. The Morgan fingerprint density at radius 3 is 2.75 bits per heavy atom. The SMILES string of the molecule is O=C(CNc1nnc(-c2cccc(C3=CCNN3)c2)o1)N1CCC2(CC1)CC2. The van der Waals surface area contributed by atoms with Crippen LogP contribution in [0.5, 0.6) is 0 Å². The van der Waals surface area contributed by atoms with Crippen LogP contribution in [0.2, 0.25) is 0 Å². The van der Waals surface area contributed by atoms with E-state index in [0.717, 1.165) is 49.3 Å². The van der Waals surface area contributed by atoms with Gasteiger partial charge in [-0.3, -0.25) is 4.79 Å². The van der Waals surface area contributed by atoms with Gasteiger partial charge in [-0.2, -0.15) is 0 Å². The van der Waals surface area contributed by atoms with Crippen molar-refractivity contribution < 1.29 is 9.21 Å². The second-order valence-electron chi connectivity index (χ2n) is 7.85. The Balaban J connectivity index is 1.19. The smallest absolute Gasteiger partial charge is 0.316 e. The summed E-state index contributed by atoms with van der Waals surface area (Å²) in [5.74, 6) is 0.515. The maximum atomic E-state index is 12.4. The van der Waals surface area contributed by atoms with Gasteiger partial charge < -0.3 is 20.1 Å². The Morgan fingerprint density at radius 1 is 1.18 bits per heavy atom. The van der Waals surface area contributed by atoms with E-state index in [1.54, 1.807) is 0 Å². The molecule has 8 heteroatoms. The van der Waals surface area contributed by atoms with Crippen molar-refractivity contribution in [3.05, 3.63) is 35.9 Å². The number of benzene rings is 1. The normalized spacial score (nSPS) is 20.0. The third kappa shape index (κ3) is 3.47. The molecule has 2 aromatic rings. The third-order valence-electron chi connectivity index (χ3n) is 6.00. The van der Waals surface area contributed by atoms with Crippen molar-refractivity contribution in [2.24, 2.45) is 5.41 Å². The molecule has 8 nitrogen and oxygen atoms in total. The zero-order valence-corrected chi connectivity index (χ0v) is 15.7. The van der Waals surface area contributed by atoms with E-state index < -0.39 is 0 Å². The fraction of sp³-hybridized carbons (Fsp3) is 0.450. The fourth-order valence-electron chi connectivity index (χ4n) is 3.94. The van der Waals surface area contributed by atoms with E-state index in [9.17, 15) is 4.79 Å². The quantitative estimate of drug-likeness (QED) is 0.730. The summed E-state index contributed by atoms with van der Waals surface area (Å²) in [6.45, 7) is 2.69. The summed E-state index contributed by atoms with van der Waals surface area (Å²) in [5.41, 5.74) is 9.66. The van der Waals surface area contributed by atoms with Gasteiger partial charge in [0.2, 0.25) is 11.8 Å². The van der Waals surface area contributed by atoms with Gasteiger partial charge in [0.15, 0.2) is 0 Å². The summed E-state index contributed by atoms with van der Waals surface area (Å²) in [7, 11) is 0. The highest BCUT2D eigenvalue weighted by molar-refractivity contribution is 5.80. The molecule has 3 heterocycles. The van der Waals surface area contributed by atoms with Gasteiger partial charge in [-0.15, -0.1) is 5.10 Å². The molecule has 0 radical (unpaired) electrons. The number of rotatable bonds is 5. The van der Waals surface area contributed by atoms with Gasteiger partial charge in [0.1, 0.15) is 0 Å². The van der Waals surface area contributed by atoms with Crippen molar-refractivity contribution in [3.8, 4) is 11.5 Å². The third-order valence-corrected chi connectivity index (χ3v) is 6.00. The number of hydrazine groups is 1. The minimum absolute atomic E-state index is 0.0870. The predicted molar refractivity (Wildman–Crippen MR) is 105 cm³/mol. The van der Waals surface area contributed by atoms with Crippen LogP contribution in [0, 0.1) is 5.41 Å². The molecule has 0 bridgehead atoms. The molecule has 1 saturated heterocycles. The van der Waals surface area contributed by atoms with Crippen LogP contribution in [0.4, 0.5) is 6.01 Å². The Hall–Kier alpha value is -2.87. The molecular formula is C20H24N6O2. The molecule has 0 unspecified atom stereocenters. The lowest BCUT2D eigenvalue weighted by Gasteiger charge is -2.32. The molecule has 2 aliphatic heterocycles. The number of anilines is 1. The lowest BCUT2D eigenvalue weighted by Crippen LogP contribution is -2.41. The van der Waals surface area contributed by atoms with Crippen molar-refractivity contribution in [1.82, 2.24) is 25.9 Å². The minimum Gasteiger partial charge on any atom is -0.403 e. The van der Waals surface area contributed by atoms with Crippen molar-refractivity contribution in [2.45, 2.75) is 25.7 Å². The highest BCUT2D eigenvalue weighted by Gasteiger charge is 2.44. The molecule has 3 N–H and O–H groups in total. The molecule has 0 atom stereocenters. The lowest BCUT2D eigenvalue weighted by atomic mass is 9.94. The molecule has 3 aliphatic rings. The van der Waals surface area contributed by atoms with Crippen molar-refractivity contribution >= 4 is 17.6 Å². The summed E-state index contributed by atoms with van der Waals surface area (Å²) in [6, 6.07) is 8.17. The Kier molecular flexibility index (Phi) is 4.27. The maximum absolute atomic E-state index is 12.4. The lowest BCUT2D eigenvalue weighted by molar-refractivity contribution is -0.130.